The largest absolute Gasteiger partial charge is 0.493 e. The second-order valence-corrected chi connectivity index (χ2v) is 9.61. The number of rotatable bonds is 9. The number of nitrogens with two attached hydrogens (primary N) is 1. The number of amides is 1. The van der Waals surface area contributed by atoms with E-state index in [-0.39, 0.29) is 11.9 Å². The SMILES string of the molecule is CNC(=O)C(N)Cc1ccccc1-c1ccc(C(C)Nc2nc(C)nc3cc(OC)c(OC)cc23)s1. The van der Waals surface area contributed by atoms with Crippen molar-refractivity contribution in [2.75, 3.05) is 26.6 Å². The van der Waals surface area contributed by atoms with Gasteiger partial charge in [-0.2, -0.15) is 0 Å². The highest BCUT2D eigenvalue weighted by atomic mass is 32.1. The molecule has 4 rings (SSSR count). The van der Waals surface area contributed by atoms with Crippen molar-refractivity contribution in [3.05, 3.63) is 64.8 Å². The summed E-state index contributed by atoms with van der Waals surface area (Å²) in [4.78, 5) is 23.5. The molecule has 2 atom stereocenters. The van der Waals surface area contributed by atoms with Gasteiger partial charge in [0.15, 0.2) is 11.5 Å². The summed E-state index contributed by atoms with van der Waals surface area (Å²) in [6.45, 7) is 3.97. The van der Waals surface area contributed by atoms with E-state index in [4.69, 9.17) is 15.2 Å². The number of hydrogen-bond donors (Lipinski definition) is 3. The first kappa shape index (κ1) is 25.4. The minimum absolute atomic E-state index is 0.00497. The van der Waals surface area contributed by atoms with Gasteiger partial charge in [-0.05, 0) is 49.6 Å². The van der Waals surface area contributed by atoms with E-state index in [9.17, 15) is 4.79 Å². The molecule has 2 aromatic carbocycles. The topological polar surface area (TPSA) is 111 Å². The number of thiophene rings is 1. The molecule has 9 heteroatoms. The van der Waals surface area contributed by atoms with Crippen LogP contribution in [-0.2, 0) is 11.2 Å². The van der Waals surface area contributed by atoms with Crippen LogP contribution in [0.3, 0.4) is 0 Å². The normalized spacial score (nSPS) is 12.7. The fourth-order valence-corrected chi connectivity index (χ4v) is 5.21. The van der Waals surface area contributed by atoms with Gasteiger partial charge in [0.2, 0.25) is 5.91 Å². The lowest BCUT2D eigenvalue weighted by atomic mass is 9.99. The number of ether oxygens (including phenoxy) is 2. The molecular formula is C27H31N5O3S. The standard InChI is InChI=1S/C27H31N5O3S/c1-15(30-26-19-13-22(34-4)23(35-5)14-21(19)31-16(2)32-26)24-10-11-25(36-24)18-9-7-6-8-17(18)12-20(28)27(33)29-3/h6-11,13-15,20H,12,28H2,1-5H3,(H,29,33)(H,30,31,32). The zero-order valence-electron chi connectivity index (χ0n) is 21.1. The second-order valence-electron chi connectivity index (χ2n) is 8.49. The fourth-order valence-electron chi connectivity index (χ4n) is 4.14. The summed E-state index contributed by atoms with van der Waals surface area (Å²) in [7, 11) is 4.82. The quantitative estimate of drug-likeness (QED) is 0.308. The lowest BCUT2D eigenvalue weighted by Crippen LogP contribution is -2.40. The van der Waals surface area contributed by atoms with E-state index in [1.54, 1.807) is 32.6 Å². The third kappa shape index (κ3) is 5.27. The fraction of sp³-hybridized carbons (Fsp3) is 0.296. The van der Waals surface area contributed by atoms with Crippen molar-refractivity contribution in [2.45, 2.75) is 32.4 Å². The number of benzene rings is 2. The molecular weight excluding hydrogens is 474 g/mol. The van der Waals surface area contributed by atoms with Gasteiger partial charge in [0.05, 0.1) is 31.8 Å². The van der Waals surface area contributed by atoms with Gasteiger partial charge in [0.25, 0.3) is 0 Å². The van der Waals surface area contributed by atoms with Crippen molar-refractivity contribution >= 4 is 34.0 Å². The van der Waals surface area contributed by atoms with Gasteiger partial charge in [-0.15, -0.1) is 11.3 Å². The van der Waals surface area contributed by atoms with E-state index in [2.05, 4.69) is 45.7 Å². The Morgan fingerprint density at radius 3 is 2.53 bits per heavy atom. The van der Waals surface area contributed by atoms with Crippen molar-refractivity contribution < 1.29 is 14.3 Å². The Hall–Kier alpha value is -3.69. The van der Waals surface area contributed by atoms with Crippen LogP contribution in [0.1, 0.15) is 29.2 Å². The van der Waals surface area contributed by atoms with E-state index in [0.717, 1.165) is 37.6 Å². The number of nitrogens with zero attached hydrogens (tertiary/aromatic N) is 2. The summed E-state index contributed by atoms with van der Waals surface area (Å²) in [6, 6.07) is 15.5. The molecule has 1 amide bonds. The molecule has 0 saturated carbocycles. The summed E-state index contributed by atoms with van der Waals surface area (Å²) in [5.41, 5.74) is 9.00. The van der Waals surface area contributed by atoms with Crippen LogP contribution in [0.5, 0.6) is 11.5 Å². The molecule has 0 aliphatic rings. The Morgan fingerprint density at radius 1 is 1.08 bits per heavy atom. The first-order valence-electron chi connectivity index (χ1n) is 11.7. The summed E-state index contributed by atoms with van der Waals surface area (Å²) >= 11 is 1.70. The third-order valence-corrected chi connectivity index (χ3v) is 7.33. The molecule has 4 aromatic rings. The van der Waals surface area contributed by atoms with Gasteiger partial charge >= 0.3 is 0 Å². The molecule has 0 fully saturated rings. The number of aryl methyl sites for hydroxylation is 1. The number of hydrogen-bond acceptors (Lipinski definition) is 8. The molecule has 8 nitrogen and oxygen atoms in total. The Kier molecular flexibility index (Phi) is 7.71. The highest BCUT2D eigenvalue weighted by Gasteiger charge is 2.18. The van der Waals surface area contributed by atoms with E-state index in [1.165, 1.54) is 0 Å². The molecule has 0 bridgehead atoms. The molecule has 2 heterocycles. The number of carbonyl (C=O) groups is 1. The summed E-state index contributed by atoms with van der Waals surface area (Å²) in [5.74, 6) is 2.48. The highest BCUT2D eigenvalue weighted by Crippen LogP contribution is 2.37. The van der Waals surface area contributed by atoms with Crippen molar-refractivity contribution in [2.24, 2.45) is 5.73 Å². The van der Waals surface area contributed by atoms with Gasteiger partial charge in [-0.3, -0.25) is 4.79 Å². The predicted octanol–water partition coefficient (Wildman–Crippen LogP) is 4.47. The zero-order valence-corrected chi connectivity index (χ0v) is 21.9. The van der Waals surface area contributed by atoms with E-state index in [1.807, 2.05) is 37.3 Å². The second kappa shape index (κ2) is 10.9. The van der Waals surface area contributed by atoms with Crippen LogP contribution in [0.15, 0.2) is 48.5 Å². The Balaban J connectivity index is 1.62. The summed E-state index contributed by atoms with van der Waals surface area (Å²) < 4.78 is 10.9. The lowest BCUT2D eigenvalue weighted by Gasteiger charge is -2.17. The maximum atomic E-state index is 12.0. The van der Waals surface area contributed by atoms with E-state index in [0.29, 0.717) is 23.7 Å². The predicted molar refractivity (Wildman–Crippen MR) is 145 cm³/mol. The van der Waals surface area contributed by atoms with Crippen LogP contribution in [0, 0.1) is 6.92 Å². The van der Waals surface area contributed by atoms with Gasteiger partial charge in [-0.1, -0.05) is 24.3 Å². The van der Waals surface area contributed by atoms with Crippen LogP contribution in [0.25, 0.3) is 21.3 Å². The number of carbonyl (C=O) groups excluding carboxylic acids is 1. The monoisotopic (exact) mass is 505 g/mol. The number of likely N-dealkylation sites (N-methyl/N-ethyl adjacent to an activating group) is 1. The van der Waals surface area contributed by atoms with Crippen LogP contribution >= 0.6 is 11.3 Å². The Morgan fingerprint density at radius 2 is 1.81 bits per heavy atom. The third-order valence-electron chi connectivity index (χ3n) is 6.03. The molecule has 0 aliphatic heterocycles. The molecule has 2 aromatic heterocycles. The van der Waals surface area contributed by atoms with Crippen LogP contribution in [0.2, 0.25) is 0 Å². The van der Waals surface area contributed by atoms with Crippen molar-refractivity contribution in [1.29, 1.82) is 0 Å². The number of anilines is 1. The van der Waals surface area contributed by atoms with Crippen molar-refractivity contribution in [3.63, 3.8) is 0 Å². The summed E-state index contributed by atoms with van der Waals surface area (Å²) in [6.07, 6.45) is 0.467. The van der Waals surface area contributed by atoms with Gasteiger partial charge < -0.3 is 25.8 Å². The van der Waals surface area contributed by atoms with Gasteiger partial charge in [0.1, 0.15) is 11.6 Å². The van der Waals surface area contributed by atoms with Gasteiger partial charge in [-0.25, -0.2) is 9.97 Å². The number of fused-ring (bicyclic) bond motifs is 1. The van der Waals surface area contributed by atoms with Crippen LogP contribution in [-0.4, -0.2) is 43.2 Å². The molecule has 0 aliphatic carbocycles. The Bertz CT molecular complexity index is 1390. The number of aromatic nitrogens is 2. The maximum Gasteiger partial charge on any atom is 0.237 e. The smallest absolute Gasteiger partial charge is 0.237 e. The molecule has 0 spiro atoms. The van der Waals surface area contributed by atoms with Crippen LogP contribution < -0.4 is 25.8 Å². The average Bonchev–Trinajstić information content (AvgIpc) is 3.38. The molecule has 188 valence electrons. The average molecular weight is 506 g/mol. The highest BCUT2D eigenvalue weighted by molar-refractivity contribution is 7.15. The molecule has 4 N–H and O–H groups in total. The minimum atomic E-state index is -0.596. The van der Waals surface area contributed by atoms with Crippen molar-refractivity contribution in [1.82, 2.24) is 15.3 Å². The van der Waals surface area contributed by atoms with E-state index < -0.39 is 6.04 Å². The van der Waals surface area contributed by atoms with Crippen molar-refractivity contribution in [3.8, 4) is 21.9 Å². The molecule has 0 saturated heterocycles. The molecule has 0 radical (unpaired) electrons. The maximum absolute atomic E-state index is 12.0. The minimum Gasteiger partial charge on any atom is -0.493 e. The van der Waals surface area contributed by atoms with Crippen LogP contribution in [0.4, 0.5) is 5.82 Å². The number of nitrogens with one attached hydrogen (secondary N) is 2. The van der Waals surface area contributed by atoms with Gasteiger partial charge in [0, 0.05) is 28.3 Å². The number of methoxy groups -OCH3 is 2. The first-order chi connectivity index (χ1) is 17.3. The first-order valence-corrected chi connectivity index (χ1v) is 12.5. The Labute approximate surface area is 214 Å². The lowest BCUT2D eigenvalue weighted by molar-refractivity contribution is -0.121. The summed E-state index contributed by atoms with van der Waals surface area (Å²) in [5, 5.41) is 7.03. The van der Waals surface area contributed by atoms with E-state index >= 15 is 0 Å². The molecule has 2 unspecified atom stereocenters. The zero-order chi connectivity index (χ0) is 25.8. The molecule has 36 heavy (non-hydrogen) atoms.